The molecule has 2 amide bonds. The first-order valence-electron chi connectivity index (χ1n) is 9.40. The van der Waals surface area contributed by atoms with Crippen LogP contribution >= 0.6 is 11.3 Å². The molecule has 6 nitrogen and oxygen atoms in total. The van der Waals surface area contributed by atoms with Gasteiger partial charge in [0.2, 0.25) is 0 Å². The van der Waals surface area contributed by atoms with Crippen LogP contribution in [0.15, 0.2) is 53.9 Å². The maximum atomic E-state index is 12.4. The van der Waals surface area contributed by atoms with E-state index in [9.17, 15) is 9.59 Å². The quantitative estimate of drug-likeness (QED) is 0.722. The number of piperazine rings is 1. The number of aromatic nitrogens is 1. The minimum absolute atomic E-state index is 0.116. The van der Waals surface area contributed by atoms with Crippen molar-refractivity contribution in [3.05, 3.63) is 64.5 Å². The second-order valence-electron chi connectivity index (χ2n) is 6.76. The molecule has 0 aliphatic carbocycles. The third-order valence-electron chi connectivity index (χ3n) is 4.94. The fourth-order valence-electron chi connectivity index (χ4n) is 3.34. The number of hydrogen-bond donors (Lipinski definition) is 1. The van der Waals surface area contributed by atoms with Crippen molar-refractivity contribution in [1.82, 2.24) is 20.1 Å². The molecule has 1 fully saturated rings. The Morgan fingerprint density at radius 2 is 1.82 bits per heavy atom. The first-order valence-corrected chi connectivity index (χ1v) is 10.3. The van der Waals surface area contributed by atoms with Gasteiger partial charge in [-0.05, 0) is 23.6 Å². The standard InChI is InChI=1S/C21H22N4O2S/c26-20(18-8-7-16-4-1-2-5-17(16)23-18)22-9-10-24-11-13-25(14-12-24)21(27)19-6-3-15-28-19/h1-8,15H,9-14H2,(H,22,26). The Kier molecular flexibility index (Phi) is 5.64. The molecule has 1 aliphatic rings. The van der Waals surface area contributed by atoms with Gasteiger partial charge in [0, 0.05) is 44.7 Å². The van der Waals surface area contributed by atoms with Crippen LogP contribution in [0.2, 0.25) is 0 Å². The third-order valence-corrected chi connectivity index (χ3v) is 5.79. The number of rotatable bonds is 5. The van der Waals surface area contributed by atoms with Crippen molar-refractivity contribution in [3.63, 3.8) is 0 Å². The molecule has 0 bridgehead atoms. The summed E-state index contributed by atoms with van der Waals surface area (Å²) in [6.07, 6.45) is 0. The van der Waals surface area contributed by atoms with Gasteiger partial charge in [-0.1, -0.05) is 30.3 Å². The number of fused-ring (bicyclic) bond motifs is 1. The number of hydrogen-bond acceptors (Lipinski definition) is 5. The Balaban J connectivity index is 1.23. The minimum atomic E-state index is -0.155. The van der Waals surface area contributed by atoms with E-state index in [1.54, 1.807) is 6.07 Å². The Morgan fingerprint density at radius 3 is 2.61 bits per heavy atom. The number of nitrogens with zero attached hydrogens (tertiary/aromatic N) is 3. The number of thiophene rings is 1. The first-order chi connectivity index (χ1) is 13.7. The van der Waals surface area contributed by atoms with Gasteiger partial charge in [-0.2, -0.15) is 0 Å². The Morgan fingerprint density at radius 1 is 1.00 bits per heavy atom. The highest BCUT2D eigenvalue weighted by Crippen LogP contribution is 2.14. The molecule has 28 heavy (non-hydrogen) atoms. The van der Waals surface area contributed by atoms with Gasteiger partial charge in [-0.15, -0.1) is 11.3 Å². The minimum Gasteiger partial charge on any atom is -0.349 e. The lowest BCUT2D eigenvalue weighted by Crippen LogP contribution is -2.50. The largest absolute Gasteiger partial charge is 0.349 e. The van der Waals surface area contributed by atoms with E-state index in [1.807, 2.05) is 52.7 Å². The normalized spacial score (nSPS) is 14.9. The van der Waals surface area contributed by atoms with E-state index in [2.05, 4.69) is 15.2 Å². The number of carbonyl (C=O) groups is 2. The fourth-order valence-corrected chi connectivity index (χ4v) is 4.03. The smallest absolute Gasteiger partial charge is 0.269 e. The topological polar surface area (TPSA) is 65.5 Å². The predicted molar refractivity (Wildman–Crippen MR) is 111 cm³/mol. The number of benzene rings is 1. The van der Waals surface area contributed by atoms with E-state index in [0.29, 0.717) is 12.2 Å². The summed E-state index contributed by atoms with van der Waals surface area (Å²) in [6, 6.07) is 15.2. The van der Waals surface area contributed by atoms with Crippen LogP contribution in [0.1, 0.15) is 20.2 Å². The molecule has 3 aromatic rings. The summed E-state index contributed by atoms with van der Waals surface area (Å²) in [6.45, 7) is 4.41. The summed E-state index contributed by atoms with van der Waals surface area (Å²) in [5, 5.41) is 5.89. The van der Waals surface area contributed by atoms with Crippen LogP contribution in [0.3, 0.4) is 0 Å². The van der Waals surface area contributed by atoms with E-state index in [4.69, 9.17) is 0 Å². The highest BCUT2D eigenvalue weighted by Gasteiger charge is 2.22. The summed E-state index contributed by atoms with van der Waals surface area (Å²) in [5.74, 6) is -0.0393. The average Bonchev–Trinajstić information content (AvgIpc) is 3.28. The van der Waals surface area contributed by atoms with Crippen LogP contribution in [0, 0.1) is 0 Å². The molecule has 144 valence electrons. The molecule has 1 aromatic carbocycles. The van der Waals surface area contributed by atoms with Crippen LogP contribution in [0.4, 0.5) is 0 Å². The SMILES string of the molecule is O=C(NCCN1CCN(C(=O)c2cccs2)CC1)c1ccc2ccccc2n1. The maximum Gasteiger partial charge on any atom is 0.269 e. The molecule has 4 rings (SSSR count). The van der Waals surface area contributed by atoms with Crippen LogP contribution in [-0.2, 0) is 0 Å². The summed E-state index contributed by atoms with van der Waals surface area (Å²) >= 11 is 1.48. The van der Waals surface area contributed by atoms with E-state index < -0.39 is 0 Å². The lowest BCUT2D eigenvalue weighted by molar-refractivity contribution is 0.0642. The van der Waals surface area contributed by atoms with Gasteiger partial charge >= 0.3 is 0 Å². The third kappa shape index (κ3) is 4.21. The zero-order chi connectivity index (χ0) is 19.3. The average molecular weight is 395 g/mol. The number of amides is 2. The predicted octanol–water partition coefficient (Wildman–Crippen LogP) is 2.48. The van der Waals surface area contributed by atoms with Crippen LogP contribution in [0.5, 0.6) is 0 Å². The molecule has 2 aromatic heterocycles. The van der Waals surface area contributed by atoms with Gasteiger partial charge in [-0.3, -0.25) is 14.5 Å². The van der Waals surface area contributed by atoms with Crippen molar-refractivity contribution in [3.8, 4) is 0 Å². The molecule has 0 atom stereocenters. The number of para-hydroxylation sites is 1. The molecule has 1 saturated heterocycles. The van der Waals surface area contributed by atoms with Crippen molar-refractivity contribution in [1.29, 1.82) is 0 Å². The fraction of sp³-hybridized carbons (Fsp3) is 0.286. The van der Waals surface area contributed by atoms with E-state index >= 15 is 0 Å². The van der Waals surface area contributed by atoms with Crippen LogP contribution in [-0.4, -0.2) is 65.9 Å². The highest BCUT2D eigenvalue weighted by atomic mass is 32.1. The first kappa shape index (κ1) is 18.6. The maximum absolute atomic E-state index is 12.4. The van der Waals surface area contributed by atoms with Crippen molar-refractivity contribution < 1.29 is 9.59 Å². The summed E-state index contributed by atoms with van der Waals surface area (Å²) in [5.41, 5.74) is 1.26. The zero-order valence-corrected chi connectivity index (χ0v) is 16.3. The number of nitrogens with one attached hydrogen (secondary N) is 1. The molecule has 1 aliphatic heterocycles. The van der Waals surface area contributed by atoms with Gasteiger partial charge < -0.3 is 10.2 Å². The molecule has 0 spiro atoms. The molecule has 1 N–H and O–H groups in total. The van der Waals surface area contributed by atoms with Crippen molar-refractivity contribution in [2.24, 2.45) is 0 Å². The highest BCUT2D eigenvalue weighted by molar-refractivity contribution is 7.12. The lowest BCUT2D eigenvalue weighted by atomic mass is 10.2. The Hall–Kier alpha value is -2.77. The van der Waals surface area contributed by atoms with Crippen LogP contribution in [0.25, 0.3) is 10.9 Å². The molecular formula is C21H22N4O2S. The van der Waals surface area contributed by atoms with Crippen LogP contribution < -0.4 is 5.32 Å². The van der Waals surface area contributed by atoms with Crippen molar-refractivity contribution >= 4 is 34.1 Å². The van der Waals surface area contributed by atoms with Crippen molar-refractivity contribution in [2.75, 3.05) is 39.3 Å². The molecule has 3 heterocycles. The van der Waals surface area contributed by atoms with Gasteiger partial charge in [0.05, 0.1) is 10.4 Å². The molecule has 0 saturated carbocycles. The lowest BCUT2D eigenvalue weighted by Gasteiger charge is -2.34. The van der Waals surface area contributed by atoms with Crippen molar-refractivity contribution in [2.45, 2.75) is 0 Å². The van der Waals surface area contributed by atoms with E-state index in [1.165, 1.54) is 11.3 Å². The summed E-state index contributed by atoms with van der Waals surface area (Å²) in [7, 11) is 0. The monoisotopic (exact) mass is 394 g/mol. The zero-order valence-electron chi connectivity index (χ0n) is 15.5. The second kappa shape index (κ2) is 8.50. The second-order valence-corrected chi connectivity index (χ2v) is 7.70. The van der Waals surface area contributed by atoms with E-state index in [-0.39, 0.29) is 11.8 Å². The molecule has 0 radical (unpaired) electrons. The number of pyridine rings is 1. The molecule has 0 unspecified atom stereocenters. The van der Waals surface area contributed by atoms with Gasteiger partial charge in [0.15, 0.2) is 0 Å². The van der Waals surface area contributed by atoms with Gasteiger partial charge in [0.1, 0.15) is 5.69 Å². The molecule has 7 heteroatoms. The number of carbonyl (C=O) groups excluding carboxylic acids is 2. The van der Waals surface area contributed by atoms with Gasteiger partial charge in [-0.25, -0.2) is 4.98 Å². The molecular weight excluding hydrogens is 372 g/mol. The van der Waals surface area contributed by atoms with E-state index in [0.717, 1.165) is 48.5 Å². The van der Waals surface area contributed by atoms with Gasteiger partial charge in [0.25, 0.3) is 11.8 Å². The Labute approximate surface area is 167 Å². The summed E-state index contributed by atoms with van der Waals surface area (Å²) < 4.78 is 0. The Bertz CT molecular complexity index is 965. The summed E-state index contributed by atoms with van der Waals surface area (Å²) in [4.78, 5) is 34.1.